The Morgan fingerprint density at radius 3 is 2.34 bits per heavy atom. The smallest absolute Gasteiger partial charge is 0.329 e. The minimum atomic E-state index is -1.02. The van der Waals surface area contributed by atoms with Crippen LogP contribution in [0.2, 0.25) is 0 Å². The molecule has 0 radical (unpaired) electrons. The van der Waals surface area contributed by atoms with Crippen molar-refractivity contribution in [1.29, 1.82) is 0 Å². The van der Waals surface area contributed by atoms with Crippen molar-refractivity contribution < 1.29 is 27.8 Å². The Hall–Kier alpha value is -4.28. The standard InChI is InChI=1S/C24H25F2N5O4/c1-6-30-17(9-16(28-3)14-7-8-15(23(27)32)29-11-14)13(2)12-31(24(30)33)22-20(25)18(34-4)10-19(35-5)21(22)26/h7-11H,3,6,12H2,1-2,4-5H3,(H2,27,32)/b16-9-. The molecule has 1 aromatic heterocycles. The van der Waals surface area contributed by atoms with Crippen LogP contribution in [-0.2, 0) is 0 Å². The molecule has 11 heteroatoms. The summed E-state index contributed by atoms with van der Waals surface area (Å²) in [5, 5.41) is 0. The molecular weight excluding hydrogens is 460 g/mol. The quantitative estimate of drug-likeness (QED) is 0.573. The van der Waals surface area contributed by atoms with E-state index in [9.17, 15) is 9.59 Å². The fraction of sp³-hybridized carbons (Fsp3) is 0.250. The largest absolute Gasteiger partial charge is 0.493 e. The van der Waals surface area contributed by atoms with Crippen LogP contribution in [0, 0.1) is 11.6 Å². The minimum Gasteiger partial charge on any atom is -0.493 e. The molecule has 0 fully saturated rings. The van der Waals surface area contributed by atoms with E-state index in [1.54, 1.807) is 26.0 Å². The monoisotopic (exact) mass is 485 g/mol. The lowest BCUT2D eigenvalue weighted by atomic mass is 10.1. The van der Waals surface area contributed by atoms with Crippen molar-refractivity contribution in [3.63, 3.8) is 0 Å². The Morgan fingerprint density at radius 2 is 1.89 bits per heavy atom. The molecule has 3 rings (SSSR count). The van der Waals surface area contributed by atoms with Gasteiger partial charge in [-0.1, -0.05) is 0 Å². The Morgan fingerprint density at radius 1 is 1.26 bits per heavy atom. The van der Waals surface area contributed by atoms with Crippen LogP contribution in [0.5, 0.6) is 11.5 Å². The number of anilines is 1. The predicted octanol–water partition coefficient (Wildman–Crippen LogP) is 3.75. The molecular formula is C24H25F2N5O4. The van der Waals surface area contributed by atoms with Crippen LogP contribution in [0.3, 0.4) is 0 Å². The summed E-state index contributed by atoms with van der Waals surface area (Å²) >= 11 is 0. The van der Waals surface area contributed by atoms with Crippen molar-refractivity contribution in [2.24, 2.45) is 10.7 Å². The van der Waals surface area contributed by atoms with Crippen molar-refractivity contribution in [2.75, 3.05) is 32.2 Å². The van der Waals surface area contributed by atoms with Crippen LogP contribution in [-0.4, -0.2) is 55.8 Å². The van der Waals surface area contributed by atoms with Gasteiger partial charge >= 0.3 is 6.03 Å². The molecule has 1 aliphatic heterocycles. The Balaban J connectivity index is 2.10. The Kier molecular flexibility index (Phi) is 7.48. The van der Waals surface area contributed by atoms with E-state index in [0.717, 1.165) is 11.0 Å². The summed E-state index contributed by atoms with van der Waals surface area (Å²) in [6.45, 7) is 7.14. The third-order valence-corrected chi connectivity index (χ3v) is 5.48. The number of amides is 3. The number of primary amides is 1. The van der Waals surface area contributed by atoms with E-state index >= 15 is 8.78 Å². The molecule has 0 aliphatic carbocycles. The van der Waals surface area contributed by atoms with Crippen molar-refractivity contribution in [2.45, 2.75) is 13.8 Å². The van der Waals surface area contributed by atoms with Crippen LogP contribution in [0.4, 0.5) is 19.3 Å². The molecule has 2 heterocycles. The van der Waals surface area contributed by atoms with Gasteiger partial charge in [-0.05, 0) is 44.3 Å². The average Bonchev–Trinajstić information content (AvgIpc) is 2.85. The molecule has 3 amide bonds. The summed E-state index contributed by atoms with van der Waals surface area (Å²) in [5.41, 5.74) is 6.79. The van der Waals surface area contributed by atoms with Gasteiger partial charge in [0.2, 0.25) is 0 Å². The third kappa shape index (κ3) is 4.70. The molecule has 184 valence electrons. The molecule has 0 atom stereocenters. The summed E-state index contributed by atoms with van der Waals surface area (Å²) in [5.74, 6) is -3.22. The second-order valence-corrected chi connectivity index (χ2v) is 7.52. The van der Waals surface area contributed by atoms with Gasteiger partial charge in [0.25, 0.3) is 5.91 Å². The van der Waals surface area contributed by atoms with Crippen molar-refractivity contribution >= 4 is 30.0 Å². The van der Waals surface area contributed by atoms with Gasteiger partial charge in [-0.25, -0.2) is 13.6 Å². The van der Waals surface area contributed by atoms with E-state index in [2.05, 4.69) is 16.7 Å². The van der Waals surface area contributed by atoms with E-state index in [0.29, 0.717) is 22.5 Å². The topological polar surface area (TPSA) is 110 Å². The fourth-order valence-corrected chi connectivity index (χ4v) is 3.70. The predicted molar refractivity (Wildman–Crippen MR) is 128 cm³/mol. The highest BCUT2D eigenvalue weighted by Gasteiger charge is 2.35. The molecule has 0 saturated heterocycles. The highest BCUT2D eigenvalue weighted by atomic mass is 19.1. The number of likely N-dealkylation sites (N-methyl/N-ethyl adjacent to an activating group) is 1. The van der Waals surface area contributed by atoms with Crippen molar-refractivity contribution in [3.8, 4) is 11.5 Å². The molecule has 2 aromatic rings. The second-order valence-electron chi connectivity index (χ2n) is 7.52. The molecule has 1 aromatic carbocycles. The zero-order valence-corrected chi connectivity index (χ0v) is 19.8. The Bertz CT molecular complexity index is 1210. The maximum absolute atomic E-state index is 15.1. The second kappa shape index (κ2) is 10.3. The van der Waals surface area contributed by atoms with Crippen LogP contribution >= 0.6 is 0 Å². The molecule has 0 spiro atoms. The zero-order valence-electron chi connectivity index (χ0n) is 19.8. The number of rotatable bonds is 8. The number of pyridine rings is 1. The maximum atomic E-state index is 15.1. The molecule has 1 aliphatic rings. The number of carbonyl (C=O) groups is 2. The summed E-state index contributed by atoms with van der Waals surface area (Å²) in [7, 11) is 2.47. The van der Waals surface area contributed by atoms with E-state index in [-0.39, 0.29) is 30.3 Å². The number of aromatic nitrogens is 1. The van der Waals surface area contributed by atoms with Gasteiger partial charge in [-0.3, -0.25) is 24.6 Å². The number of urea groups is 1. The number of nitrogens with zero attached hydrogens (tertiary/aromatic N) is 4. The van der Waals surface area contributed by atoms with Gasteiger partial charge in [0.1, 0.15) is 11.4 Å². The number of allylic oxidation sites excluding steroid dienone is 1. The number of nitrogens with two attached hydrogens (primary N) is 1. The molecule has 35 heavy (non-hydrogen) atoms. The van der Waals surface area contributed by atoms with E-state index < -0.39 is 29.3 Å². The SMILES string of the molecule is C=N/C(=C\C1=C(C)CN(c2c(F)c(OC)cc(OC)c2F)C(=O)N1CC)c1ccc(C(N)=O)nc1. The zero-order chi connectivity index (χ0) is 25.9. The summed E-state index contributed by atoms with van der Waals surface area (Å²) in [6, 6.07) is 3.48. The molecule has 0 bridgehead atoms. The fourth-order valence-electron chi connectivity index (χ4n) is 3.70. The number of hydrogen-bond donors (Lipinski definition) is 1. The van der Waals surface area contributed by atoms with Gasteiger partial charge in [-0.15, -0.1) is 0 Å². The third-order valence-electron chi connectivity index (χ3n) is 5.48. The number of ether oxygens (including phenoxy) is 2. The first kappa shape index (κ1) is 25.3. The highest BCUT2D eigenvalue weighted by Crippen LogP contribution is 2.39. The minimum absolute atomic E-state index is 0.0870. The van der Waals surface area contributed by atoms with Gasteiger partial charge in [0, 0.05) is 30.1 Å². The first-order valence-electron chi connectivity index (χ1n) is 10.5. The maximum Gasteiger partial charge on any atom is 0.329 e. The van der Waals surface area contributed by atoms with E-state index in [1.165, 1.54) is 31.4 Å². The summed E-state index contributed by atoms with van der Waals surface area (Å²) in [6.07, 6.45) is 3.04. The highest BCUT2D eigenvalue weighted by molar-refractivity contribution is 5.96. The van der Waals surface area contributed by atoms with Crippen LogP contribution in [0.15, 0.2) is 46.7 Å². The molecule has 9 nitrogen and oxygen atoms in total. The van der Waals surface area contributed by atoms with Crippen molar-refractivity contribution in [1.82, 2.24) is 9.88 Å². The number of carbonyl (C=O) groups excluding carboxylic acids is 2. The normalized spacial score (nSPS) is 14.3. The number of methoxy groups -OCH3 is 2. The first-order chi connectivity index (χ1) is 16.7. The van der Waals surface area contributed by atoms with Crippen molar-refractivity contribution in [3.05, 3.63) is 64.6 Å². The first-order valence-corrected chi connectivity index (χ1v) is 10.5. The summed E-state index contributed by atoms with van der Waals surface area (Å²) < 4.78 is 40.2. The van der Waals surface area contributed by atoms with Crippen LogP contribution in [0.1, 0.15) is 29.9 Å². The lowest BCUT2D eigenvalue weighted by Gasteiger charge is -2.37. The number of benzene rings is 1. The number of halogens is 2. The lowest BCUT2D eigenvalue weighted by molar-refractivity contribution is 0.0995. The Labute approximate surface area is 201 Å². The van der Waals surface area contributed by atoms with E-state index in [1.807, 2.05) is 0 Å². The van der Waals surface area contributed by atoms with Gasteiger partial charge in [-0.2, -0.15) is 0 Å². The van der Waals surface area contributed by atoms with Gasteiger partial charge < -0.3 is 15.2 Å². The summed E-state index contributed by atoms with van der Waals surface area (Å²) in [4.78, 5) is 35.1. The lowest BCUT2D eigenvalue weighted by Crippen LogP contribution is -2.48. The molecule has 0 unspecified atom stereocenters. The van der Waals surface area contributed by atoms with E-state index in [4.69, 9.17) is 15.2 Å². The van der Waals surface area contributed by atoms with Gasteiger partial charge in [0.05, 0.1) is 26.5 Å². The van der Waals surface area contributed by atoms with Crippen LogP contribution < -0.4 is 20.1 Å². The molecule has 0 saturated carbocycles. The average molecular weight is 485 g/mol. The number of aliphatic imine (C=N–C) groups is 1. The molecule has 2 N–H and O–H groups in total. The van der Waals surface area contributed by atoms with Crippen LogP contribution in [0.25, 0.3) is 5.70 Å². The van der Waals surface area contributed by atoms with Gasteiger partial charge in [0.15, 0.2) is 23.1 Å². The number of hydrogen-bond acceptors (Lipinski definition) is 6.